The summed E-state index contributed by atoms with van der Waals surface area (Å²) in [5, 5.41) is 9.39. The van der Waals surface area contributed by atoms with Crippen LogP contribution in [-0.2, 0) is 14.3 Å². The molecule has 1 amide bonds. The molecule has 0 aliphatic carbocycles. The third kappa shape index (κ3) is 4.45. The highest BCUT2D eigenvalue weighted by Crippen LogP contribution is 2.32. The van der Waals surface area contributed by atoms with Crippen LogP contribution in [0.4, 0.5) is 4.39 Å². The van der Waals surface area contributed by atoms with E-state index in [1.165, 1.54) is 31.0 Å². The second kappa shape index (κ2) is 7.79. The summed E-state index contributed by atoms with van der Waals surface area (Å²) >= 11 is 1.48. The van der Waals surface area contributed by atoms with E-state index in [4.69, 9.17) is 4.74 Å². The van der Waals surface area contributed by atoms with Crippen molar-refractivity contribution in [3.8, 4) is 0 Å². The molecule has 0 saturated carbocycles. The van der Waals surface area contributed by atoms with Gasteiger partial charge in [-0.25, -0.2) is 4.39 Å². The van der Waals surface area contributed by atoms with Crippen LogP contribution >= 0.6 is 11.8 Å². The summed E-state index contributed by atoms with van der Waals surface area (Å²) < 4.78 is 17.8. The van der Waals surface area contributed by atoms with E-state index in [-0.39, 0.29) is 24.9 Å². The standard InChI is InChI=1S/C16H20FNO4S/c1-22-11-16(15(20)21)7-8-18(10-16)14(19)6-9-23-13-4-2-12(17)3-5-13/h2-5H,6-11H2,1H3,(H,20,21). The van der Waals surface area contributed by atoms with E-state index in [1.807, 2.05) is 0 Å². The highest BCUT2D eigenvalue weighted by Gasteiger charge is 2.46. The predicted octanol–water partition coefficient (Wildman–Crippen LogP) is 2.26. The van der Waals surface area contributed by atoms with E-state index in [0.717, 1.165) is 4.90 Å². The van der Waals surface area contributed by atoms with Crippen LogP contribution < -0.4 is 0 Å². The molecule has 1 heterocycles. The van der Waals surface area contributed by atoms with Gasteiger partial charge in [0.05, 0.1) is 6.61 Å². The number of carboxylic acid groups (broad SMARTS) is 1. The molecule has 0 bridgehead atoms. The number of rotatable bonds is 7. The molecule has 1 fully saturated rings. The quantitative estimate of drug-likeness (QED) is 0.771. The highest BCUT2D eigenvalue weighted by atomic mass is 32.2. The third-order valence-electron chi connectivity index (χ3n) is 3.98. The third-order valence-corrected chi connectivity index (χ3v) is 4.99. The molecule has 126 valence electrons. The van der Waals surface area contributed by atoms with Crippen molar-refractivity contribution in [3.05, 3.63) is 30.1 Å². The summed E-state index contributed by atoms with van der Waals surface area (Å²) in [5.74, 6) is -0.689. The molecule has 1 atom stereocenters. The Hall–Kier alpha value is -1.60. The highest BCUT2D eigenvalue weighted by molar-refractivity contribution is 7.99. The summed E-state index contributed by atoms with van der Waals surface area (Å²) in [7, 11) is 1.47. The van der Waals surface area contributed by atoms with Crippen molar-refractivity contribution in [2.45, 2.75) is 17.7 Å². The zero-order valence-corrected chi connectivity index (χ0v) is 13.8. The molecule has 1 unspecified atom stereocenters. The predicted molar refractivity (Wildman–Crippen MR) is 84.9 cm³/mol. The van der Waals surface area contributed by atoms with Gasteiger partial charge in [0, 0.05) is 37.3 Å². The van der Waals surface area contributed by atoms with Gasteiger partial charge in [-0.1, -0.05) is 0 Å². The molecule has 1 aliphatic rings. The summed E-state index contributed by atoms with van der Waals surface area (Å²) in [5.41, 5.74) is -0.992. The number of thioether (sulfide) groups is 1. The Morgan fingerprint density at radius 1 is 1.39 bits per heavy atom. The first-order chi connectivity index (χ1) is 11.0. The molecule has 1 aliphatic heterocycles. The van der Waals surface area contributed by atoms with Gasteiger partial charge in [0.1, 0.15) is 11.2 Å². The molecule has 1 aromatic carbocycles. The topological polar surface area (TPSA) is 66.8 Å². The number of methoxy groups -OCH3 is 1. The van der Waals surface area contributed by atoms with Crippen molar-refractivity contribution >= 4 is 23.6 Å². The fourth-order valence-electron chi connectivity index (χ4n) is 2.66. The normalized spacial score (nSPS) is 20.7. The number of carbonyl (C=O) groups excluding carboxylic acids is 1. The average molecular weight is 341 g/mol. The molecular formula is C16H20FNO4S. The number of hydrogen-bond donors (Lipinski definition) is 1. The van der Waals surface area contributed by atoms with Crippen molar-refractivity contribution in [1.82, 2.24) is 4.90 Å². The molecule has 0 aromatic heterocycles. The van der Waals surface area contributed by atoms with E-state index in [2.05, 4.69) is 0 Å². The van der Waals surface area contributed by atoms with Gasteiger partial charge in [0.15, 0.2) is 0 Å². The SMILES string of the molecule is COCC1(C(=O)O)CCN(C(=O)CCSc2ccc(F)cc2)C1. The molecule has 0 spiro atoms. The second-order valence-corrected chi connectivity index (χ2v) is 6.80. The Morgan fingerprint density at radius 2 is 2.09 bits per heavy atom. The van der Waals surface area contributed by atoms with Gasteiger partial charge in [0.2, 0.25) is 5.91 Å². The summed E-state index contributed by atoms with van der Waals surface area (Å²) in [4.78, 5) is 26.2. The molecule has 0 radical (unpaired) electrons. The van der Waals surface area contributed by atoms with Crippen molar-refractivity contribution in [3.63, 3.8) is 0 Å². The Labute approximate surface area is 138 Å². The smallest absolute Gasteiger partial charge is 0.313 e. The lowest BCUT2D eigenvalue weighted by Crippen LogP contribution is -2.40. The zero-order valence-electron chi connectivity index (χ0n) is 13.0. The molecule has 23 heavy (non-hydrogen) atoms. The first kappa shape index (κ1) is 17.7. The van der Waals surface area contributed by atoms with Crippen LogP contribution in [0.25, 0.3) is 0 Å². The number of benzene rings is 1. The van der Waals surface area contributed by atoms with Gasteiger partial charge in [-0.05, 0) is 30.7 Å². The maximum Gasteiger partial charge on any atom is 0.313 e. The fourth-order valence-corrected chi connectivity index (χ4v) is 3.50. The van der Waals surface area contributed by atoms with Gasteiger partial charge in [0.25, 0.3) is 0 Å². The lowest BCUT2D eigenvalue weighted by Gasteiger charge is -2.23. The van der Waals surface area contributed by atoms with E-state index in [1.54, 1.807) is 17.0 Å². The van der Waals surface area contributed by atoms with Crippen LogP contribution in [-0.4, -0.2) is 54.4 Å². The lowest BCUT2D eigenvalue weighted by atomic mass is 9.88. The molecule has 7 heteroatoms. The van der Waals surface area contributed by atoms with Crippen LogP contribution in [0.5, 0.6) is 0 Å². The van der Waals surface area contributed by atoms with E-state index < -0.39 is 11.4 Å². The minimum atomic E-state index is -0.992. The van der Waals surface area contributed by atoms with Gasteiger partial charge >= 0.3 is 5.97 Å². The lowest BCUT2D eigenvalue weighted by molar-refractivity contribution is -0.151. The molecule has 1 saturated heterocycles. The second-order valence-electron chi connectivity index (χ2n) is 5.64. The number of ether oxygens (including phenoxy) is 1. The van der Waals surface area contributed by atoms with Gasteiger partial charge in [-0.15, -0.1) is 11.8 Å². The summed E-state index contributed by atoms with van der Waals surface area (Å²) in [6, 6.07) is 6.12. The maximum atomic E-state index is 12.8. The van der Waals surface area contributed by atoms with Crippen molar-refractivity contribution in [1.29, 1.82) is 0 Å². The average Bonchev–Trinajstić information content (AvgIpc) is 2.95. The van der Waals surface area contributed by atoms with Gasteiger partial charge in [-0.3, -0.25) is 9.59 Å². The Bertz CT molecular complexity index is 566. The summed E-state index contributed by atoms with van der Waals surface area (Å²) in [6.45, 7) is 0.738. The molecule has 1 N–H and O–H groups in total. The van der Waals surface area contributed by atoms with Crippen molar-refractivity contribution in [2.75, 3.05) is 32.6 Å². The van der Waals surface area contributed by atoms with Gasteiger partial charge in [-0.2, -0.15) is 0 Å². The van der Waals surface area contributed by atoms with Crippen LogP contribution in [0.15, 0.2) is 29.2 Å². The minimum absolute atomic E-state index is 0.0566. The molecule has 1 aromatic rings. The number of carbonyl (C=O) groups is 2. The number of nitrogens with zero attached hydrogens (tertiary/aromatic N) is 1. The number of amides is 1. The van der Waals surface area contributed by atoms with Crippen LogP contribution in [0, 0.1) is 11.2 Å². The van der Waals surface area contributed by atoms with E-state index in [0.29, 0.717) is 25.1 Å². The minimum Gasteiger partial charge on any atom is -0.481 e. The monoisotopic (exact) mass is 341 g/mol. The molecule has 5 nitrogen and oxygen atoms in total. The van der Waals surface area contributed by atoms with E-state index in [9.17, 15) is 19.1 Å². The van der Waals surface area contributed by atoms with Crippen molar-refractivity contribution < 1.29 is 23.8 Å². The first-order valence-corrected chi connectivity index (χ1v) is 8.34. The Kier molecular flexibility index (Phi) is 6.01. The van der Waals surface area contributed by atoms with Gasteiger partial charge < -0.3 is 14.7 Å². The fraction of sp³-hybridized carbons (Fsp3) is 0.500. The van der Waals surface area contributed by atoms with Crippen LogP contribution in [0.2, 0.25) is 0 Å². The Balaban J connectivity index is 1.82. The zero-order chi connectivity index (χ0) is 16.9. The van der Waals surface area contributed by atoms with Crippen LogP contribution in [0.3, 0.4) is 0 Å². The number of hydrogen-bond acceptors (Lipinski definition) is 4. The maximum absolute atomic E-state index is 12.8. The Morgan fingerprint density at radius 3 is 2.70 bits per heavy atom. The van der Waals surface area contributed by atoms with Crippen molar-refractivity contribution in [2.24, 2.45) is 5.41 Å². The first-order valence-electron chi connectivity index (χ1n) is 7.35. The number of likely N-dealkylation sites (tertiary alicyclic amines) is 1. The summed E-state index contributed by atoms with van der Waals surface area (Å²) in [6.07, 6.45) is 0.734. The number of carboxylic acids is 1. The number of aliphatic carboxylic acids is 1. The largest absolute Gasteiger partial charge is 0.481 e. The molecule has 2 rings (SSSR count). The number of halogens is 1. The molecular weight excluding hydrogens is 321 g/mol. The van der Waals surface area contributed by atoms with Crippen LogP contribution in [0.1, 0.15) is 12.8 Å². The van der Waals surface area contributed by atoms with E-state index >= 15 is 0 Å².